The lowest BCUT2D eigenvalue weighted by Crippen LogP contribution is -2.45. The van der Waals surface area contributed by atoms with E-state index < -0.39 is 0 Å². The highest BCUT2D eigenvalue weighted by Crippen LogP contribution is 2.29. The highest BCUT2D eigenvalue weighted by atomic mass is 16.5. The van der Waals surface area contributed by atoms with Gasteiger partial charge in [-0.15, -0.1) is 0 Å². The monoisotopic (exact) mass is 255 g/mol. The summed E-state index contributed by atoms with van der Waals surface area (Å²) < 4.78 is 6.08. The summed E-state index contributed by atoms with van der Waals surface area (Å²) in [6.45, 7) is 15.7. The van der Waals surface area contributed by atoms with Crippen LogP contribution in [0.25, 0.3) is 0 Å². The van der Waals surface area contributed by atoms with Crippen molar-refractivity contribution in [2.45, 2.75) is 72.4 Å². The molecule has 0 aromatic heterocycles. The molecule has 108 valence electrons. The van der Waals surface area contributed by atoms with Crippen molar-refractivity contribution < 1.29 is 4.74 Å². The average Bonchev–Trinajstić information content (AvgIpc) is 2.25. The fraction of sp³-hybridized carbons (Fsp3) is 1.00. The van der Waals surface area contributed by atoms with Crippen LogP contribution in [0, 0.1) is 17.8 Å². The summed E-state index contributed by atoms with van der Waals surface area (Å²) in [7, 11) is 0. The van der Waals surface area contributed by atoms with E-state index in [0.717, 1.165) is 19.1 Å². The number of ether oxygens (including phenoxy) is 1. The van der Waals surface area contributed by atoms with E-state index >= 15 is 0 Å². The minimum absolute atomic E-state index is 0.212. The highest BCUT2D eigenvalue weighted by Gasteiger charge is 2.31. The maximum atomic E-state index is 6.08. The molecule has 1 rings (SSSR count). The summed E-state index contributed by atoms with van der Waals surface area (Å²) in [5.74, 6) is 2.13. The maximum absolute atomic E-state index is 6.08. The molecular weight excluding hydrogens is 222 g/mol. The number of hydrogen-bond acceptors (Lipinski definition) is 2. The Bertz CT molecular complexity index is 232. The Kier molecular flexibility index (Phi) is 6.13. The first-order valence-electron chi connectivity index (χ1n) is 7.66. The summed E-state index contributed by atoms with van der Waals surface area (Å²) >= 11 is 0. The van der Waals surface area contributed by atoms with Crippen LogP contribution in [-0.2, 0) is 4.74 Å². The Morgan fingerprint density at radius 2 is 1.89 bits per heavy atom. The Hall–Kier alpha value is -0.0800. The molecule has 18 heavy (non-hydrogen) atoms. The van der Waals surface area contributed by atoms with Crippen LogP contribution in [0.1, 0.15) is 60.8 Å². The molecule has 0 aliphatic carbocycles. The molecular formula is C16H33NO. The molecule has 3 atom stereocenters. The fourth-order valence-electron chi connectivity index (χ4n) is 3.03. The molecule has 1 saturated heterocycles. The van der Waals surface area contributed by atoms with Gasteiger partial charge in [-0.25, -0.2) is 0 Å². The predicted octanol–water partition coefficient (Wildman–Crippen LogP) is 3.85. The van der Waals surface area contributed by atoms with Gasteiger partial charge in [0, 0.05) is 18.7 Å². The van der Waals surface area contributed by atoms with Gasteiger partial charge in [0.15, 0.2) is 0 Å². The summed E-state index contributed by atoms with van der Waals surface area (Å²) in [5, 5.41) is 3.65. The van der Waals surface area contributed by atoms with E-state index in [1.54, 1.807) is 0 Å². The van der Waals surface area contributed by atoms with Crippen molar-refractivity contribution in [2.75, 3.05) is 13.2 Å². The molecule has 0 aromatic rings. The van der Waals surface area contributed by atoms with Gasteiger partial charge in [0.2, 0.25) is 0 Å². The van der Waals surface area contributed by atoms with Gasteiger partial charge in [0.25, 0.3) is 0 Å². The molecule has 1 aliphatic heterocycles. The van der Waals surface area contributed by atoms with Gasteiger partial charge in [-0.05, 0) is 57.8 Å². The smallest absolute Gasteiger partial charge is 0.0640 e. The molecule has 1 N–H and O–H groups in total. The van der Waals surface area contributed by atoms with Crippen LogP contribution < -0.4 is 5.32 Å². The van der Waals surface area contributed by atoms with Crippen molar-refractivity contribution >= 4 is 0 Å². The maximum Gasteiger partial charge on any atom is 0.0640 e. The van der Waals surface area contributed by atoms with Crippen LogP contribution in [0.15, 0.2) is 0 Å². The molecule has 2 heteroatoms. The minimum atomic E-state index is 0.212. The molecule has 0 spiro atoms. The summed E-state index contributed by atoms with van der Waals surface area (Å²) in [6.07, 6.45) is 4.27. The lowest BCUT2D eigenvalue weighted by molar-refractivity contribution is -0.0609. The van der Waals surface area contributed by atoms with E-state index in [-0.39, 0.29) is 5.54 Å². The fourth-order valence-corrected chi connectivity index (χ4v) is 3.03. The Labute approximate surface area is 114 Å². The third-order valence-corrected chi connectivity index (χ3v) is 3.79. The van der Waals surface area contributed by atoms with Gasteiger partial charge in [-0.2, -0.15) is 0 Å². The second kappa shape index (κ2) is 6.91. The topological polar surface area (TPSA) is 21.3 Å². The predicted molar refractivity (Wildman–Crippen MR) is 78.8 cm³/mol. The molecule has 0 bridgehead atoms. The van der Waals surface area contributed by atoms with Gasteiger partial charge in [-0.3, -0.25) is 0 Å². The molecule has 0 radical (unpaired) electrons. The van der Waals surface area contributed by atoms with Crippen molar-refractivity contribution in [3.8, 4) is 0 Å². The third kappa shape index (κ3) is 5.71. The standard InChI is InChI=1S/C16H33NO/c1-12(2)10-13(3)15-14(8-7-9-18-15)11-17-16(4,5)6/h12-15,17H,7-11H2,1-6H3. The summed E-state index contributed by atoms with van der Waals surface area (Å²) in [5.41, 5.74) is 0.212. The zero-order valence-electron chi connectivity index (χ0n) is 13.3. The molecule has 1 fully saturated rings. The van der Waals surface area contributed by atoms with E-state index in [2.05, 4.69) is 46.9 Å². The molecule has 0 amide bonds. The van der Waals surface area contributed by atoms with Crippen LogP contribution >= 0.6 is 0 Å². The third-order valence-electron chi connectivity index (χ3n) is 3.79. The first-order chi connectivity index (χ1) is 8.29. The van der Waals surface area contributed by atoms with Crippen molar-refractivity contribution in [3.63, 3.8) is 0 Å². The van der Waals surface area contributed by atoms with E-state index in [4.69, 9.17) is 4.74 Å². The van der Waals surface area contributed by atoms with Crippen LogP contribution in [0.4, 0.5) is 0 Å². The van der Waals surface area contributed by atoms with Gasteiger partial charge in [0.05, 0.1) is 6.10 Å². The molecule has 3 unspecified atom stereocenters. The molecule has 0 saturated carbocycles. The molecule has 0 aromatic carbocycles. The van der Waals surface area contributed by atoms with Gasteiger partial charge < -0.3 is 10.1 Å². The quantitative estimate of drug-likeness (QED) is 0.805. The van der Waals surface area contributed by atoms with E-state index in [1.165, 1.54) is 19.3 Å². The minimum Gasteiger partial charge on any atom is -0.378 e. The van der Waals surface area contributed by atoms with Crippen molar-refractivity contribution in [1.82, 2.24) is 5.32 Å². The van der Waals surface area contributed by atoms with E-state index in [1.807, 2.05) is 0 Å². The van der Waals surface area contributed by atoms with Gasteiger partial charge >= 0.3 is 0 Å². The average molecular weight is 255 g/mol. The van der Waals surface area contributed by atoms with Crippen LogP contribution in [0.3, 0.4) is 0 Å². The summed E-state index contributed by atoms with van der Waals surface area (Å²) in [6, 6.07) is 0. The molecule has 1 aliphatic rings. The van der Waals surface area contributed by atoms with Crippen LogP contribution in [0.5, 0.6) is 0 Å². The number of hydrogen-bond donors (Lipinski definition) is 1. The number of nitrogens with one attached hydrogen (secondary N) is 1. The second-order valence-corrected chi connectivity index (χ2v) is 7.48. The normalized spacial score (nSPS) is 27.5. The SMILES string of the molecule is CC(C)CC(C)C1OCCCC1CNC(C)(C)C. The first-order valence-corrected chi connectivity index (χ1v) is 7.66. The van der Waals surface area contributed by atoms with Crippen LogP contribution in [-0.4, -0.2) is 24.8 Å². The van der Waals surface area contributed by atoms with E-state index in [9.17, 15) is 0 Å². The zero-order chi connectivity index (χ0) is 13.8. The Balaban J connectivity index is 2.51. The number of rotatable bonds is 5. The zero-order valence-corrected chi connectivity index (χ0v) is 13.3. The lowest BCUT2D eigenvalue weighted by Gasteiger charge is -2.38. The highest BCUT2D eigenvalue weighted by molar-refractivity contribution is 4.83. The summed E-state index contributed by atoms with van der Waals surface area (Å²) in [4.78, 5) is 0. The van der Waals surface area contributed by atoms with Crippen molar-refractivity contribution in [2.24, 2.45) is 17.8 Å². The second-order valence-electron chi connectivity index (χ2n) is 7.48. The van der Waals surface area contributed by atoms with E-state index in [0.29, 0.717) is 17.9 Å². The van der Waals surface area contributed by atoms with Gasteiger partial charge in [-0.1, -0.05) is 20.8 Å². The first kappa shape index (κ1) is 16.0. The van der Waals surface area contributed by atoms with Crippen LogP contribution in [0.2, 0.25) is 0 Å². The Morgan fingerprint density at radius 1 is 1.22 bits per heavy atom. The van der Waals surface area contributed by atoms with Gasteiger partial charge in [0.1, 0.15) is 0 Å². The van der Waals surface area contributed by atoms with Crippen molar-refractivity contribution in [3.05, 3.63) is 0 Å². The molecule has 2 nitrogen and oxygen atoms in total. The lowest BCUT2D eigenvalue weighted by atomic mass is 9.82. The largest absolute Gasteiger partial charge is 0.378 e. The van der Waals surface area contributed by atoms with Crippen molar-refractivity contribution in [1.29, 1.82) is 0 Å². The molecule has 1 heterocycles. The Morgan fingerprint density at radius 3 is 2.44 bits per heavy atom.